The summed E-state index contributed by atoms with van der Waals surface area (Å²) < 4.78 is 26.4. The molecule has 2 heterocycles. The van der Waals surface area contributed by atoms with E-state index >= 15 is 0 Å². The van der Waals surface area contributed by atoms with Gasteiger partial charge in [-0.1, -0.05) is 19.4 Å². The van der Waals surface area contributed by atoms with Crippen molar-refractivity contribution in [3.05, 3.63) is 24.4 Å². The summed E-state index contributed by atoms with van der Waals surface area (Å²) in [5.41, 5.74) is 5.72. The first-order chi connectivity index (χ1) is 12.0. The fraction of sp³-hybridized carbons (Fsp3) is 0.625. The quantitative estimate of drug-likeness (QED) is 0.240. The molecular weight excluding hydrogens is 467 g/mol. The lowest BCUT2D eigenvalue weighted by Crippen LogP contribution is -2.50. The number of piperazine rings is 1. The second-order valence-electron chi connectivity index (χ2n) is 5.94. The number of pyridine rings is 1. The summed E-state index contributed by atoms with van der Waals surface area (Å²) in [4.78, 5) is 10.6. The van der Waals surface area contributed by atoms with Gasteiger partial charge in [-0.05, 0) is 18.6 Å². The number of rotatable bonds is 8. The van der Waals surface area contributed by atoms with Gasteiger partial charge in [-0.25, -0.2) is 13.4 Å². The third kappa shape index (κ3) is 7.23. The Morgan fingerprint density at radius 1 is 1.31 bits per heavy atom. The number of nitrogens with zero attached hydrogens (tertiary/aromatic N) is 4. The normalized spacial score (nSPS) is 16.2. The first kappa shape index (κ1) is 22.9. The van der Waals surface area contributed by atoms with E-state index in [1.165, 1.54) is 0 Å². The zero-order valence-corrected chi connectivity index (χ0v) is 18.3. The number of nitrogens with one attached hydrogen (secondary N) is 1. The first-order valence-corrected chi connectivity index (χ1v) is 10.3. The SMILES string of the molecule is CCCCN=C(N)NCCS(=O)(=O)N1CCN(c2ccccn2)CC1.I. The number of hydrogen-bond donors (Lipinski definition) is 2. The van der Waals surface area contributed by atoms with Gasteiger partial charge < -0.3 is 16.0 Å². The molecule has 0 aromatic carbocycles. The van der Waals surface area contributed by atoms with Crippen molar-refractivity contribution >= 4 is 45.8 Å². The number of nitrogens with two attached hydrogens (primary N) is 1. The van der Waals surface area contributed by atoms with E-state index in [2.05, 4.69) is 27.1 Å². The summed E-state index contributed by atoms with van der Waals surface area (Å²) in [5.74, 6) is 1.21. The predicted molar refractivity (Wildman–Crippen MR) is 117 cm³/mol. The van der Waals surface area contributed by atoms with Crippen LogP contribution in [0.1, 0.15) is 19.8 Å². The van der Waals surface area contributed by atoms with E-state index in [0.717, 1.165) is 18.7 Å². The van der Waals surface area contributed by atoms with Gasteiger partial charge >= 0.3 is 0 Å². The molecule has 148 valence electrons. The number of anilines is 1. The number of hydrogen-bond acceptors (Lipinski definition) is 5. The molecular formula is C16H29IN6O2S. The highest BCUT2D eigenvalue weighted by Gasteiger charge is 2.26. The van der Waals surface area contributed by atoms with Crippen molar-refractivity contribution in [3.8, 4) is 0 Å². The molecule has 0 spiro atoms. The molecule has 1 aromatic rings. The maximum absolute atomic E-state index is 12.4. The lowest BCUT2D eigenvalue weighted by Gasteiger charge is -2.34. The molecule has 1 aliphatic heterocycles. The molecule has 0 atom stereocenters. The van der Waals surface area contributed by atoms with Crippen LogP contribution in [-0.4, -0.2) is 68.7 Å². The predicted octanol–water partition coefficient (Wildman–Crippen LogP) is 0.856. The molecule has 0 bridgehead atoms. The topological polar surface area (TPSA) is 104 Å². The Morgan fingerprint density at radius 3 is 2.65 bits per heavy atom. The summed E-state index contributed by atoms with van der Waals surface area (Å²) in [6, 6.07) is 5.74. The molecule has 1 saturated heterocycles. The molecule has 2 rings (SSSR count). The highest BCUT2D eigenvalue weighted by molar-refractivity contribution is 14.0. The van der Waals surface area contributed by atoms with Crippen molar-refractivity contribution in [1.82, 2.24) is 14.6 Å². The lowest BCUT2D eigenvalue weighted by molar-refractivity contribution is 0.384. The maximum atomic E-state index is 12.4. The van der Waals surface area contributed by atoms with Crippen molar-refractivity contribution in [3.63, 3.8) is 0 Å². The van der Waals surface area contributed by atoms with Gasteiger partial charge in [-0.2, -0.15) is 4.31 Å². The van der Waals surface area contributed by atoms with Gasteiger partial charge in [-0.15, -0.1) is 24.0 Å². The third-order valence-corrected chi connectivity index (χ3v) is 5.94. The summed E-state index contributed by atoms with van der Waals surface area (Å²) in [6.45, 7) is 5.24. The van der Waals surface area contributed by atoms with Crippen LogP contribution in [0.5, 0.6) is 0 Å². The molecule has 1 fully saturated rings. The minimum Gasteiger partial charge on any atom is -0.370 e. The molecule has 0 radical (unpaired) electrons. The van der Waals surface area contributed by atoms with Gasteiger partial charge in [0.05, 0.1) is 5.75 Å². The van der Waals surface area contributed by atoms with Crippen LogP contribution in [0.25, 0.3) is 0 Å². The Hall–Kier alpha value is -1.14. The number of guanidine groups is 1. The molecule has 3 N–H and O–H groups in total. The first-order valence-electron chi connectivity index (χ1n) is 8.70. The van der Waals surface area contributed by atoms with Crippen LogP contribution < -0.4 is 16.0 Å². The molecule has 8 nitrogen and oxygen atoms in total. The van der Waals surface area contributed by atoms with Gasteiger partial charge in [0, 0.05) is 45.5 Å². The third-order valence-electron chi connectivity index (χ3n) is 4.07. The van der Waals surface area contributed by atoms with Crippen LogP contribution >= 0.6 is 24.0 Å². The van der Waals surface area contributed by atoms with Crippen LogP contribution in [0.15, 0.2) is 29.4 Å². The Balaban J connectivity index is 0.00000338. The zero-order chi connectivity index (χ0) is 18.1. The van der Waals surface area contributed by atoms with Gasteiger partial charge in [-0.3, -0.25) is 4.99 Å². The van der Waals surface area contributed by atoms with E-state index in [1.54, 1.807) is 10.5 Å². The smallest absolute Gasteiger partial charge is 0.215 e. The zero-order valence-electron chi connectivity index (χ0n) is 15.2. The van der Waals surface area contributed by atoms with Crippen molar-refractivity contribution in [1.29, 1.82) is 0 Å². The highest BCUT2D eigenvalue weighted by Crippen LogP contribution is 2.14. The van der Waals surface area contributed by atoms with Crippen molar-refractivity contribution in [2.24, 2.45) is 10.7 Å². The molecule has 0 saturated carbocycles. The Bertz CT molecular complexity index is 648. The largest absolute Gasteiger partial charge is 0.370 e. The van der Waals surface area contributed by atoms with E-state index < -0.39 is 10.0 Å². The van der Waals surface area contributed by atoms with Crippen molar-refractivity contribution in [2.75, 3.05) is 49.9 Å². The Kier molecular flexibility index (Phi) is 10.2. The number of sulfonamides is 1. The average Bonchev–Trinajstić information content (AvgIpc) is 2.63. The summed E-state index contributed by atoms with van der Waals surface area (Å²) in [7, 11) is -3.30. The van der Waals surface area contributed by atoms with Crippen LogP contribution in [0, 0.1) is 0 Å². The minimum atomic E-state index is -3.30. The minimum absolute atomic E-state index is 0. The maximum Gasteiger partial charge on any atom is 0.215 e. The van der Waals surface area contributed by atoms with Gasteiger partial charge in [0.2, 0.25) is 10.0 Å². The number of aliphatic imine (C=N–C) groups is 1. The molecule has 0 unspecified atom stereocenters. The molecule has 0 amide bonds. The fourth-order valence-corrected chi connectivity index (χ4v) is 3.92. The Labute approximate surface area is 173 Å². The monoisotopic (exact) mass is 496 g/mol. The van der Waals surface area contributed by atoms with E-state index in [0.29, 0.717) is 38.7 Å². The summed E-state index contributed by atoms with van der Waals surface area (Å²) in [6.07, 6.45) is 3.77. The van der Waals surface area contributed by atoms with Crippen molar-refractivity contribution < 1.29 is 8.42 Å². The molecule has 0 aliphatic carbocycles. The van der Waals surface area contributed by atoms with Crippen LogP contribution in [0.3, 0.4) is 0 Å². The number of aromatic nitrogens is 1. The van der Waals surface area contributed by atoms with Gasteiger partial charge in [0.1, 0.15) is 5.82 Å². The van der Waals surface area contributed by atoms with Crippen LogP contribution in [0.4, 0.5) is 5.82 Å². The standard InChI is InChI=1S/C16H28N6O2S.HI/c1-2-3-7-19-16(17)20-9-14-25(23,24)22-12-10-21(11-13-22)15-6-4-5-8-18-15;/h4-6,8H,2-3,7,9-14H2,1H3,(H3,17,19,20);1H. The average molecular weight is 496 g/mol. The second kappa shape index (κ2) is 11.5. The lowest BCUT2D eigenvalue weighted by atomic mass is 10.3. The van der Waals surface area contributed by atoms with Crippen molar-refractivity contribution in [2.45, 2.75) is 19.8 Å². The van der Waals surface area contributed by atoms with Crippen LogP contribution in [-0.2, 0) is 10.0 Å². The number of unbranched alkanes of at least 4 members (excludes halogenated alkanes) is 1. The molecule has 10 heteroatoms. The van der Waals surface area contributed by atoms with Crippen LogP contribution in [0.2, 0.25) is 0 Å². The summed E-state index contributed by atoms with van der Waals surface area (Å²) in [5, 5.41) is 2.87. The molecule has 1 aromatic heterocycles. The highest BCUT2D eigenvalue weighted by atomic mass is 127. The van der Waals surface area contributed by atoms with Gasteiger partial charge in [0.25, 0.3) is 0 Å². The van der Waals surface area contributed by atoms with E-state index in [1.807, 2.05) is 18.2 Å². The van der Waals surface area contributed by atoms with E-state index in [9.17, 15) is 8.42 Å². The molecule has 26 heavy (non-hydrogen) atoms. The Morgan fingerprint density at radius 2 is 2.04 bits per heavy atom. The fourth-order valence-electron chi connectivity index (χ4n) is 2.59. The van der Waals surface area contributed by atoms with E-state index in [-0.39, 0.29) is 36.3 Å². The number of halogens is 1. The second-order valence-corrected chi connectivity index (χ2v) is 8.03. The summed E-state index contributed by atoms with van der Waals surface area (Å²) >= 11 is 0. The molecule has 1 aliphatic rings. The van der Waals surface area contributed by atoms with E-state index in [4.69, 9.17) is 5.73 Å². The van der Waals surface area contributed by atoms with Gasteiger partial charge in [0.15, 0.2) is 5.96 Å².